The Bertz CT molecular complexity index is 384. The summed E-state index contributed by atoms with van der Waals surface area (Å²) in [5.74, 6) is 1.35. The van der Waals surface area contributed by atoms with Gasteiger partial charge in [0.15, 0.2) is 0 Å². The van der Waals surface area contributed by atoms with Crippen molar-refractivity contribution in [1.82, 2.24) is 9.47 Å². The molecule has 0 spiro atoms. The van der Waals surface area contributed by atoms with Gasteiger partial charge in [0.2, 0.25) is 0 Å². The first kappa shape index (κ1) is 9.28. The molecule has 3 nitrogen and oxygen atoms in total. The zero-order valence-corrected chi connectivity index (χ0v) is 9.77. The van der Waals surface area contributed by atoms with Crippen molar-refractivity contribution in [2.75, 3.05) is 18.0 Å². The average Bonchev–Trinajstić information content (AvgIpc) is 2.79. The second-order valence-corrected chi connectivity index (χ2v) is 5.20. The third-order valence-corrected chi connectivity index (χ3v) is 4.13. The Hall–Kier alpha value is -0.960. The zero-order valence-electron chi connectivity index (χ0n) is 9.77. The lowest BCUT2D eigenvalue weighted by Gasteiger charge is -2.41. The van der Waals surface area contributed by atoms with Gasteiger partial charge in [-0.25, -0.2) is 0 Å². The van der Waals surface area contributed by atoms with E-state index in [1.165, 1.54) is 25.3 Å². The van der Waals surface area contributed by atoms with Crippen LogP contribution in [-0.4, -0.2) is 34.3 Å². The van der Waals surface area contributed by atoms with Crippen molar-refractivity contribution >= 4 is 5.82 Å². The van der Waals surface area contributed by atoms with E-state index in [9.17, 15) is 0 Å². The van der Waals surface area contributed by atoms with Crippen LogP contribution in [0.1, 0.15) is 20.3 Å². The molecule has 2 saturated heterocycles. The molecule has 2 aliphatic rings. The molecule has 0 N–H and O–H groups in total. The van der Waals surface area contributed by atoms with E-state index < -0.39 is 0 Å². The molecule has 3 heteroatoms. The predicted molar refractivity (Wildman–Crippen MR) is 61.9 cm³/mol. The third kappa shape index (κ3) is 1.10. The van der Waals surface area contributed by atoms with Crippen molar-refractivity contribution in [2.45, 2.75) is 32.0 Å². The Morgan fingerprint density at radius 1 is 1.47 bits per heavy atom. The minimum atomic E-state index is 0.353. The van der Waals surface area contributed by atoms with Crippen LogP contribution in [0.25, 0.3) is 0 Å². The summed E-state index contributed by atoms with van der Waals surface area (Å²) < 4.78 is 2.23. The molecule has 2 bridgehead atoms. The smallest absolute Gasteiger partial charge is 0.109 e. The molecule has 0 radical (unpaired) electrons. The number of nitrogens with zero attached hydrogens (tertiary/aromatic N) is 3. The molecule has 0 amide bonds. The highest BCUT2D eigenvalue weighted by Crippen LogP contribution is 2.41. The molecule has 0 aromatic carbocycles. The van der Waals surface area contributed by atoms with Crippen molar-refractivity contribution in [3.63, 3.8) is 0 Å². The van der Waals surface area contributed by atoms with Crippen LogP contribution >= 0.6 is 0 Å². The molecule has 0 aliphatic carbocycles. The maximum Gasteiger partial charge on any atom is 0.109 e. The summed E-state index contributed by atoms with van der Waals surface area (Å²) in [6.07, 6.45) is 3.98. The minimum absolute atomic E-state index is 0.353. The molecular formula is C12H19N3. The second kappa shape index (κ2) is 2.79. The van der Waals surface area contributed by atoms with Gasteiger partial charge >= 0.3 is 0 Å². The van der Waals surface area contributed by atoms with Crippen LogP contribution in [0.4, 0.5) is 5.82 Å². The molecule has 3 heterocycles. The predicted octanol–water partition coefficient (Wildman–Crippen LogP) is 1.66. The van der Waals surface area contributed by atoms with Gasteiger partial charge in [-0.1, -0.05) is 0 Å². The van der Waals surface area contributed by atoms with Crippen molar-refractivity contribution in [1.29, 1.82) is 0 Å². The van der Waals surface area contributed by atoms with Crippen molar-refractivity contribution < 1.29 is 0 Å². The summed E-state index contributed by atoms with van der Waals surface area (Å²) in [6, 6.07) is 4.36. The molecule has 0 saturated carbocycles. The first-order valence-electron chi connectivity index (χ1n) is 5.76. The molecule has 82 valence electrons. The van der Waals surface area contributed by atoms with E-state index in [1.807, 2.05) is 0 Å². The molecular weight excluding hydrogens is 186 g/mol. The van der Waals surface area contributed by atoms with Gasteiger partial charge in [0.05, 0.1) is 11.7 Å². The van der Waals surface area contributed by atoms with E-state index in [4.69, 9.17) is 0 Å². The first-order chi connectivity index (χ1) is 7.12. The monoisotopic (exact) mass is 205 g/mol. The van der Waals surface area contributed by atoms with Gasteiger partial charge in [-0.3, -0.25) is 4.90 Å². The van der Waals surface area contributed by atoms with Crippen LogP contribution in [0.3, 0.4) is 0 Å². The van der Waals surface area contributed by atoms with Gasteiger partial charge in [-0.2, -0.15) is 0 Å². The quantitative estimate of drug-likeness (QED) is 0.690. The Morgan fingerprint density at radius 3 is 2.80 bits per heavy atom. The summed E-state index contributed by atoms with van der Waals surface area (Å²) in [7, 11) is 2.13. The molecule has 2 fully saturated rings. The lowest BCUT2D eigenvalue weighted by molar-refractivity contribution is 0.276. The van der Waals surface area contributed by atoms with Gasteiger partial charge in [0.25, 0.3) is 0 Å². The molecule has 2 aliphatic heterocycles. The number of anilines is 1. The van der Waals surface area contributed by atoms with Crippen LogP contribution in [0.15, 0.2) is 18.3 Å². The Labute approximate surface area is 91.3 Å². The van der Waals surface area contributed by atoms with Crippen molar-refractivity contribution in [3.8, 4) is 0 Å². The highest BCUT2D eigenvalue weighted by molar-refractivity contribution is 5.48. The topological polar surface area (TPSA) is 11.4 Å². The van der Waals surface area contributed by atoms with Crippen LogP contribution < -0.4 is 4.90 Å². The number of rotatable bonds is 1. The van der Waals surface area contributed by atoms with E-state index in [0.29, 0.717) is 11.7 Å². The number of aryl methyl sites for hydroxylation is 1. The van der Waals surface area contributed by atoms with E-state index in [1.54, 1.807) is 0 Å². The largest absolute Gasteiger partial charge is 0.338 e. The maximum absolute atomic E-state index is 2.58. The Morgan fingerprint density at radius 2 is 2.27 bits per heavy atom. The number of aromatic nitrogens is 1. The fourth-order valence-corrected chi connectivity index (χ4v) is 3.28. The van der Waals surface area contributed by atoms with Gasteiger partial charge < -0.3 is 9.47 Å². The van der Waals surface area contributed by atoms with Crippen LogP contribution in [0.5, 0.6) is 0 Å². The lowest BCUT2D eigenvalue weighted by Crippen LogP contribution is -2.50. The highest BCUT2D eigenvalue weighted by Gasteiger charge is 2.50. The van der Waals surface area contributed by atoms with E-state index >= 15 is 0 Å². The summed E-state index contributed by atoms with van der Waals surface area (Å²) >= 11 is 0. The van der Waals surface area contributed by atoms with Crippen molar-refractivity contribution in [2.24, 2.45) is 7.05 Å². The standard InChI is InChI=1S/C12H19N3/c1-10-14-8-6-12(2,9-14)15(10)11-5-4-7-13(11)3/h4-5,7,10H,6,8-9H2,1-3H3. The summed E-state index contributed by atoms with van der Waals surface area (Å²) in [4.78, 5) is 5.16. The molecule has 15 heavy (non-hydrogen) atoms. The number of fused-ring (bicyclic) bond motifs is 2. The molecule has 3 unspecified atom stereocenters. The van der Waals surface area contributed by atoms with Gasteiger partial charge in [-0.15, -0.1) is 0 Å². The lowest BCUT2D eigenvalue weighted by atomic mass is 9.99. The van der Waals surface area contributed by atoms with Gasteiger partial charge in [0, 0.05) is 26.3 Å². The third-order valence-electron chi connectivity index (χ3n) is 4.13. The number of hydrogen-bond acceptors (Lipinski definition) is 2. The Kier molecular flexibility index (Phi) is 1.72. The minimum Gasteiger partial charge on any atom is -0.338 e. The first-order valence-corrected chi connectivity index (χ1v) is 5.76. The molecule has 1 aromatic heterocycles. The summed E-state index contributed by atoms with van der Waals surface area (Å²) in [6.45, 7) is 7.19. The van der Waals surface area contributed by atoms with E-state index in [0.717, 1.165) is 0 Å². The summed E-state index contributed by atoms with van der Waals surface area (Å²) in [5.41, 5.74) is 0.353. The fraction of sp³-hybridized carbons (Fsp3) is 0.667. The van der Waals surface area contributed by atoms with Crippen LogP contribution in [0, 0.1) is 0 Å². The SMILES string of the molecule is CC1N2CCC(C)(C2)N1c1cccn1C. The van der Waals surface area contributed by atoms with E-state index in [-0.39, 0.29) is 0 Å². The fourth-order valence-electron chi connectivity index (χ4n) is 3.28. The molecule has 1 aromatic rings. The maximum atomic E-state index is 2.58. The highest BCUT2D eigenvalue weighted by atomic mass is 15.5. The zero-order chi connectivity index (χ0) is 10.6. The Balaban J connectivity index is 2.03. The number of hydrogen-bond donors (Lipinski definition) is 0. The average molecular weight is 205 g/mol. The van der Waals surface area contributed by atoms with Gasteiger partial charge in [0.1, 0.15) is 5.82 Å². The van der Waals surface area contributed by atoms with Gasteiger partial charge in [-0.05, 0) is 32.4 Å². The van der Waals surface area contributed by atoms with E-state index in [2.05, 4.69) is 53.6 Å². The molecule has 3 rings (SSSR count). The van der Waals surface area contributed by atoms with Crippen LogP contribution in [0.2, 0.25) is 0 Å². The van der Waals surface area contributed by atoms with Crippen molar-refractivity contribution in [3.05, 3.63) is 18.3 Å². The molecule has 3 atom stereocenters. The second-order valence-electron chi connectivity index (χ2n) is 5.20. The normalized spacial score (nSPS) is 39.0. The summed E-state index contributed by atoms with van der Waals surface area (Å²) in [5, 5.41) is 0. The van der Waals surface area contributed by atoms with Crippen LogP contribution in [-0.2, 0) is 7.05 Å².